The zero-order valence-electron chi connectivity index (χ0n) is 18.9. The lowest BCUT2D eigenvalue weighted by atomic mass is 9.93. The van der Waals surface area contributed by atoms with Crippen LogP contribution in [-0.4, -0.2) is 67.5 Å². The van der Waals surface area contributed by atoms with Crippen LogP contribution in [0.5, 0.6) is 0 Å². The highest BCUT2D eigenvalue weighted by Crippen LogP contribution is 2.30. The molecule has 1 saturated carbocycles. The maximum atomic E-state index is 6.11. The molecule has 3 aromatic heterocycles. The van der Waals surface area contributed by atoms with Crippen LogP contribution in [0.15, 0.2) is 43.1 Å². The highest BCUT2D eigenvalue weighted by molar-refractivity contribution is 5.75. The van der Waals surface area contributed by atoms with E-state index in [0.29, 0.717) is 17.7 Å². The minimum absolute atomic E-state index is 0.467. The number of hydrogen-bond acceptors (Lipinski definition) is 9. The molecule has 11 heteroatoms. The summed E-state index contributed by atoms with van der Waals surface area (Å²) >= 11 is 0. The molecule has 11 nitrogen and oxygen atoms in total. The van der Waals surface area contributed by atoms with Crippen molar-refractivity contribution in [3.8, 4) is 5.69 Å². The third-order valence-electron chi connectivity index (χ3n) is 5.80. The minimum Gasteiger partial charge on any atom is -0.382 e. The summed E-state index contributed by atoms with van der Waals surface area (Å²) in [6.45, 7) is 1.75. The molecule has 33 heavy (non-hydrogen) atoms. The van der Waals surface area contributed by atoms with Crippen LogP contribution >= 0.6 is 0 Å². The van der Waals surface area contributed by atoms with Crippen LogP contribution in [0.1, 0.15) is 19.3 Å². The first-order chi connectivity index (χ1) is 16.1. The van der Waals surface area contributed by atoms with E-state index in [4.69, 9.17) is 5.73 Å². The van der Waals surface area contributed by atoms with E-state index in [1.54, 1.807) is 23.4 Å². The van der Waals surface area contributed by atoms with E-state index in [-0.39, 0.29) is 0 Å². The van der Waals surface area contributed by atoms with Crippen molar-refractivity contribution in [2.24, 2.45) is 0 Å². The third-order valence-corrected chi connectivity index (χ3v) is 5.80. The molecular formula is C22H29N11. The van der Waals surface area contributed by atoms with E-state index in [2.05, 4.69) is 55.2 Å². The summed E-state index contributed by atoms with van der Waals surface area (Å²) in [6.07, 6.45) is 8.59. The smallest absolute Gasteiger partial charge is 0.179 e. The summed E-state index contributed by atoms with van der Waals surface area (Å²) < 4.78 is 3.55. The molecule has 1 aliphatic rings. The fraction of sp³-hybridized carbons (Fsp3) is 0.364. The highest BCUT2D eigenvalue weighted by Gasteiger charge is 2.20. The van der Waals surface area contributed by atoms with E-state index < -0.39 is 0 Å². The average Bonchev–Trinajstić information content (AvgIpc) is 3.42. The predicted molar refractivity (Wildman–Crippen MR) is 130 cm³/mol. The lowest BCUT2D eigenvalue weighted by molar-refractivity contribution is 0.425. The first-order valence-corrected chi connectivity index (χ1v) is 11.1. The zero-order valence-corrected chi connectivity index (χ0v) is 18.9. The topological polar surface area (TPSA) is 126 Å². The maximum absolute atomic E-state index is 6.11. The molecule has 5 rings (SSSR count). The van der Waals surface area contributed by atoms with Gasteiger partial charge in [-0.1, -0.05) is 0 Å². The van der Waals surface area contributed by atoms with Gasteiger partial charge in [-0.3, -0.25) is 4.57 Å². The Balaban J connectivity index is 1.44. The molecule has 0 amide bonds. The van der Waals surface area contributed by atoms with Gasteiger partial charge in [0.15, 0.2) is 11.5 Å². The standard InChI is InChI=1S/C22H29N11/c1-31(2)9-8-24-17-7-6-16(10-19(17)32-13-26-27-14-32)29-21-11-18(28-15-4-3-5-15)22-25-12-20(23)33(22)30-21/h6-7,10-15,24,28H,3-5,8-9,23H2,1-2H3,(H,29,30). The Morgan fingerprint density at radius 1 is 1.12 bits per heavy atom. The summed E-state index contributed by atoms with van der Waals surface area (Å²) in [7, 11) is 4.11. The van der Waals surface area contributed by atoms with Gasteiger partial charge in [0.1, 0.15) is 18.5 Å². The summed E-state index contributed by atoms with van der Waals surface area (Å²) in [5, 5.41) is 23.1. The van der Waals surface area contributed by atoms with E-state index in [1.807, 2.05) is 28.8 Å². The quantitative estimate of drug-likeness (QED) is 0.306. The predicted octanol–water partition coefficient (Wildman–Crippen LogP) is 2.57. The molecule has 1 aliphatic carbocycles. The van der Waals surface area contributed by atoms with Crippen molar-refractivity contribution in [2.75, 3.05) is 48.9 Å². The molecule has 0 radical (unpaired) electrons. The molecule has 1 fully saturated rings. The van der Waals surface area contributed by atoms with Gasteiger partial charge < -0.3 is 26.6 Å². The molecule has 0 aliphatic heterocycles. The Hall–Kier alpha value is -3.86. The number of imidazole rings is 1. The highest BCUT2D eigenvalue weighted by atomic mass is 15.3. The molecule has 0 bridgehead atoms. The lowest BCUT2D eigenvalue weighted by Gasteiger charge is -2.27. The van der Waals surface area contributed by atoms with Gasteiger partial charge in [0.25, 0.3) is 0 Å². The van der Waals surface area contributed by atoms with Crippen molar-refractivity contribution in [3.05, 3.63) is 43.1 Å². The molecule has 0 atom stereocenters. The number of likely N-dealkylation sites (N-methyl/N-ethyl adjacent to an activating group) is 1. The van der Waals surface area contributed by atoms with Crippen LogP contribution in [0, 0.1) is 0 Å². The largest absolute Gasteiger partial charge is 0.382 e. The Bertz CT molecular complexity index is 1220. The molecular weight excluding hydrogens is 418 g/mol. The van der Waals surface area contributed by atoms with Crippen molar-refractivity contribution >= 4 is 34.3 Å². The number of nitrogen functional groups attached to an aromatic ring is 1. The van der Waals surface area contributed by atoms with Crippen LogP contribution in [0.4, 0.5) is 28.7 Å². The summed E-state index contributed by atoms with van der Waals surface area (Å²) in [5.41, 5.74) is 10.6. The van der Waals surface area contributed by atoms with Gasteiger partial charge >= 0.3 is 0 Å². The summed E-state index contributed by atoms with van der Waals surface area (Å²) in [4.78, 5) is 6.57. The van der Waals surface area contributed by atoms with Gasteiger partial charge in [-0.15, -0.1) is 15.3 Å². The molecule has 4 aromatic rings. The Morgan fingerprint density at radius 2 is 1.94 bits per heavy atom. The van der Waals surface area contributed by atoms with Crippen LogP contribution in [-0.2, 0) is 0 Å². The first kappa shape index (κ1) is 21.0. The van der Waals surface area contributed by atoms with Crippen molar-refractivity contribution < 1.29 is 0 Å². The van der Waals surface area contributed by atoms with Gasteiger partial charge in [-0.25, -0.2) is 4.98 Å². The zero-order chi connectivity index (χ0) is 22.8. The Morgan fingerprint density at radius 3 is 2.67 bits per heavy atom. The number of anilines is 5. The second-order valence-corrected chi connectivity index (χ2v) is 8.59. The molecule has 3 heterocycles. The van der Waals surface area contributed by atoms with Crippen molar-refractivity contribution in [1.82, 2.24) is 34.3 Å². The molecule has 5 N–H and O–H groups in total. The second-order valence-electron chi connectivity index (χ2n) is 8.59. The normalized spacial score (nSPS) is 13.9. The molecule has 172 valence electrons. The van der Waals surface area contributed by atoms with E-state index in [1.165, 1.54) is 6.42 Å². The van der Waals surface area contributed by atoms with Gasteiger partial charge in [0, 0.05) is 30.9 Å². The molecule has 0 saturated heterocycles. The first-order valence-electron chi connectivity index (χ1n) is 11.1. The van der Waals surface area contributed by atoms with Gasteiger partial charge in [-0.05, 0) is 51.6 Å². The van der Waals surface area contributed by atoms with E-state index in [0.717, 1.165) is 54.3 Å². The number of hydrogen-bond donors (Lipinski definition) is 4. The number of fused-ring (bicyclic) bond motifs is 1. The van der Waals surface area contributed by atoms with Crippen LogP contribution in [0.25, 0.3) is 11.3 Å². The molecule has 1 aromatic carbocycles. The summed E-state index contributed by atoms with van der Waals surface area (Å²) in [5.74, 6) is 1.17. The maximum Gasteiger partial charge on any atom is 0.179 e. The monoisotopic (exact) mass is 447 g/mol. The van der Waals surface area contributed by atoms with Crippen molar-refractivity contribution in [3.63, 3.8) is 0 Å². The van der Waals surface area contributed by atoms with Crippen molar-refractivity contribution in [2.45, 2.75) is 25.3 Å². The summed E-state index contributed by atoms with van der Waals surface area (Å²) in [6, 6.07) is 8.57. The van der Waals surface area contributed by atoms with Gasteiger partial charge in [-0.2, -0.15) is 4.52 Å². The Labute approximate surface area is 192 Å². The van der Waals surface area contributed by atoms with Crippen LogP contribution in [0.2, 0.25) is 0 Å². The average molecular weight is 448 g/mol. The van der Waals surface area contributed by atoms with Crippen LogP contribution < -0.4 is 21.7 Å². The van der Waals surface area contributed by atoms with Gasteiger partial charge in [0.2, 0.25) is 0 Å². The van der Waals surface area contributed by atoms with E-state index in [9.17, 15) is 0 Å². The van der Waals surface area contributed by atoms with Crippen LogP contribution in [0.3, 0.4) is 0 Å². The second kappa shape index (κ2) is 8.94. The van der Waals surface area contributed by atoms with E-state index >= 15 is 0 Å². The molecule has 0 unspecified atom stereocenters. The Kier molecular flexibility index (Phi) is 5.69. The fourth-order valence-corrected chi connectivity index (χ4v) is 3.79. The van der Waals surface area contributed by atoms with Gasteiger partial charge in [0.05, 0.1) is 23.3 Å². The fourth-order valence-electron chi connectivity index (χ4n) is 3.79. The lowest BCUT2D eigenvalue weighted by Crippen LogP contribution is -2.27. The SMILES string of the molecule is CN(C)CCNc1ccc(Nc2cc(NC3CCC3)c3ncc(N)n3n2)cc1-n1cnnc1. The number of rotatable bonds is 9. The minimum atomic E-state index is 0.467. The molecule has 0 spiro atoms. The van der Waals surface area contributed by atoms with Crippen molar-refractivity contribution in [1.29, 1.82) is 0 Å². The number of benzene rings is 1. The number of nitrogens with one attached hydrogen (secondary N) is 3. The third kappa shape index (κ3) is 4.53. The number of nitrogens with zero attached hydrogens (tertiary/aromatic N) is 7. The number of nitrogens with two attached hydrogens (primary N) is 1. The number of aromatic nitrogens is 6.